The molecule has 1 rings (SSSR count). The maximum absolute atomic E-state index is 9.38. The summed E-state index contributed by atoms with van der Waals surface area (Å²) in [7, 11) is 3.23. The van der Waals surface area contributed by atoms with Crippen LogP contribution in [0.5, 0.6) is 5.75 Å². The predicted octanol–water partition coefficient (Wildman–Crippen LogP) is 2.25. The van der Waals surface area contributed by atoms with E-state index in [1.165, 1.54) is 0 Å². The van der Waals surface area contributed by atoms with Gasteiger partial charge in [-0.1, -0.05) is 6.07 Å². The number of hydrogen-bond acceptors (Lipinski definition) is 4. The third-order valence-electron chi connectivity index (χ3n) is 2.51. The van der Waals surface area contributed by atoms with Crippen molar-refractivity contribution in [2.45, 2.75) is 25.8 Å². The maximum atomic E-state index is 9.38. The summed E-state index contributed by atoms with van der Waals surface area (Å²) in [5.41, 5.74) is 1.08. The van der Waals surface area contributed by atoms with Crippen LogP contribution in [0.1, 0.15) is 12.5 Å². The van der Waals surface area contributed by atoms with Gasteiger partial charge in [0.15, 0.2) is 6.29 Å². The van der Waals surface area contributed by atoms with E-state index < -0.39 is 0 Å². The normalized spacial score (nSPS) is 13.0. The molecule has 5 heteroatoms. The summed E-state index contributed by atoms with van der Waals surface area (Å²) < 4.78 is 11.0. The Morgan fingerprint density at radius 2 is 2.00 bits per heavy atom. The summed E-state index contributed by atoms with van der Waals surface area (Å²) in [4.78, 5) is 0. The van der Waals surface area contributed by atoms with Crippen LogP contribution >= 0.6 is 15.9 Å². The molecule has 0 amide bonds. The monoisotopic (exact) mass is 303 g/mol. The average molecular weight is 304 g/mol. The number of ether oxygens (including phenoxy) is 2. The van der Waals surface area contributed by atoms with Crippen molar-refractivity contribution in [2.75, 3.05) is 14.2 Å². The molecule has 1 aromatic rings. The van der Waals surface area contributed by atoms with Gasteiger partial charge in [0.1, 0.15) is 5.75 Å². The summed E-state index contributed by atoms with van der Waals surface area (Å²) in [5, 5.41) is 12.7. The minimum atomic E-state index is -0.268. The molecule has 0 fully saturated rings. The van der Waals surface area contributed by atoms with Crippen molar-refractivity contribution in [1.29, 1.82) is 0 Å². The molecule has 1 unspecified atom stereocenters. The molecule has 0 spiro atoms. The van der Waals surface area contributed by atoms with Gasteiger partial charge in [-0.15, -0.1) is 0 Å². The summed E-state index contributed by atoms with van der Waals surface area (Å²) in [6.45, 7) is 2.68. The van der Waals surface area contributed by atoms with Gasteiger partial charge in [-0.2, -0.15) is 0 Å². The lowest BCUT2D eigenvalue weighted by Crippen LogP contribution is -2.39. The van der Waals surface area contributed by atoms with E-state index in [1.54, 1.807) is 20.3 Å². The van der Waals surface area contributed by atoms with Gasteiger partial charge in [-0.25, -0.2) is 0 Å². The van der Waals surface area contributed by atoms with Crippen LogP contribution in [0.3, 0.4) is 0 Å². The molecule has 0 aliphatic carbocycles. The van der Waals surface area contributed by atoms with E-state index in [1.807, 2.05) is 19.1 Å². The third-order valence-corrected chi connectivity index (χ3v) is 3.15. The van der Waals surface area contributed by atoms with Crippen molar-refractivity contribution in [2.24, 2.45) is 0 Å². The topological polar surface area (TPSA) is 50.7 Å². The first-order valence-electron chi connectivity index (χ1n) is 5.34. The lowest BCUT2D eigenvalue weighted by atomic mass is 10.2. The molecule has 0 radical (unpaired) electrons. The summed E-state index contributed by atoms with van der Waals surface area (Å²) in [6, 6.07) is 5.49. The maximum Gasteiger partial charge on any atom is 0.171 e. The summed E-state index contributed by atoms with van der Waals surface area (Å²) in [5.74, 6) is 0.244. The van der Waals surface area contributed by atoms with Gasteiger partial charge in [0.25, 0.3) is 0 Å². The van der Waals surface area contributed by atoms with Crippen LogP contribution in [0.25, 0.3) is 0 Å². The fourth-order valence-electron chi connectivity index (χ4n) is 1.54. The van der Waals surface area contributed by atoms with Gasteiger partial charge in [0, 0.05) is 20.8 Å². The van der Waals surface area contributed by atoms with E-state index in [0.717, 1.165) is 5.56 Å². The number of phenols is 1. The molecule has 0 aromatic heterocycles. The second kappa shape index (κ2) is 6.96. The molecule has 4 nitrogen and oxygen atoms in total. The number of halogens is 1. The van der Waals surface area contributed by atoms with E-state index in [-0.39, 0.29) is 18.1 Å². The smallest absolute Gasteiger partial charge is 0.171 e. The van der Waals surface area contributed by atoms with Crippen molar-refractivity contribution in [3.63, 3.8) is 0 Å². The fourth-order valence-corrected chi connectivity index (χ4v) is 1.97. The highest BCUT2D eigenvalue weighted by Gasteiger charge is 2.14. The van der Waals surface area contributed by atoms with E-state index in [9.17, 15) is 5.11 Å². The summed E-state index contributed by atoms with van der Waals surface area (Å²) >= 11 is 3.28. The van der Waals surface area contributed by atoms with Crippen LogP contribution in [0.15, 0.2) is 22.7 Å². The molecule has 17 heavy (non-hydrogen) atoms. The molecule has 2 N–H and O–H groups in total. The Bertz CT molecular complexity index is 356. The van der Waals surface area contributed by atoms with Crippen molar-refractivity contribution in [3.8, 4) is 5.75 Å². The van der Waals surface area contributed by atoms with Gasteiger partial charge >= 0.3 is 0 Å². The summed E-state index contributed by atoms with van der Waals surface area (Å²) in [6.07, 6.45) is -0.268. The fraction of sp³-hybridized carbons (Fsp3) is 0.500. The van der Waals surface area contributed by atoms with Crippen LogP contribution in [0.2, 0.25) is 0 Å². The van der Waals surface area contributed by atoms with Gasteiger partial charge in [-0.3, -0.25) is 0 Å². The number of phenolic OH excluding ortho intramolecular Hbond substituents is 1. The van der Waals surface area contributed by atoms with Crippen molar-refractivity contribution >= 4 is 15.9 Å². The minimum Gasteiger partial charge on any atom is -0.507 e. The van der Waals surface area contributed by atoms with E-state index in [4.69, 9.17) is 9.47 Å². The second-order valence-electron chi connectivity index (χ2n) is 3.80. The van der Waals surface area contributed by atoms with E-state index >= 15 is 0 Å². The predicted molar refractivity (Wildman–Crippen MR) is 69.9 cm³/mol. The molecular formula is C12H18BrNO3. The van der Waals surface area contributed by atoms with Gasteiger partial charge in [0.2, 0.25) is 0 Å². The molecule has 1 atom stereocenters. The van der Waals surface area contributed by atoms with Gasteiger partial charge in [-0.05, 0) is 40.5 Å². The Labute approximate surface area is 110 Å². The van der Waals surface area contributed by atoms with E-state index in [2.05, 4.69) is 21.2 Å². The average Bonchev–Trinajstić information content (AvgIpc) is 2.32. The first-order valence-corrected chi connectivity index (χ1v) is 6.14. The largest absolute Gasteiger partial charge is 0.507 e. The zero-order valence-electron chi connectivity index (χ0n) is 10.2. The zero-order chi connectivity index (χ0) is 12.8. The lowest BCUT2D eigenvalue weighted by molar-refractivity contribution is -0.119. The van der Waals surface area contributed by atoms with Crippen LogP contribution in [-0.2, 0) is 16.0 Å². The Balaban J connectivity index is 2.52. The first kappa shape index (κ1) is 14.4. The van der Waals surface area contributed by atoms with Gasteiger partial charge < -0.3 is 19.9 Å². The van der Waals surface area contributed by atoms with Crippen LogP contribution < -0.4 is 5.32 Å². The van der Waals surface area contributed by atoms with E-state index in [0.29, 0.717) is 11.0 Å². The molecule has 0 aliphatic heterocycles. The highest BCUT2D eigenvalue weighted by molar-refractivity contribution is 9.10. The van der Waals surface area contributed by atoms with Gasteiger partial charge in [0.05, 0.1) is 10.5 Å². The highest BCUT2D eigenvalue weighted by Crippen LogP contribution is 2.24. The van der Waals surface area contributed by atoms with Crippen LogP contribution in [-0.4, -0.2) is 31.7 Å². The highest BCUT2D eigenvalue weighted by atomic mass is 79.9. The number of aromatic hydroxyl groups is 1. The Morgan fingerprint density at radius 3 is 2.53 bits per heavy atom. The molecule has 1 aromatic carbocycles. The van der Waals surface area contributed by atoms with Crippen LogP contribution in [0, 0.1) is 0 Å². The molecule has 0 saturated heterocycles. The molecule has 96 valence electrons. The zero-order valence-corrected chi connectivity index (χ0v) is 11.8. The lowest BCUT2D eigenvalue weighted by Gasteiger charge is -2.22. The second-order valence-corrected chi connectivity index (χ2v) is 4.65. The SMILES string of the molecule is COC(OC)C(C)NCc1ccc(O)c(Br)c1. The molecule has 0 saturated carbocycles. The number of hydrogen-bond donors (Lipinski definition) is 2. The Morgan fingerprint density at radius 1 is 1.35 bits per heavy atom. The quantitative estimate of drug-likeness (QED) is 0.792. The number of benzene rings is 1. The van der Waals surface area contributed by atoms with Crippen molar-refractivity contribution < 1.29 is 14.6 Å². The minimum absolute atomic E-state index is 0.0811. The Hall–Kier alpha value is -0.620. The molecule has 0 aliphatic rings. The third kappa shape index (κ3) is 4.27. The molecule has 0 heterocycles. The van der Waals surface area contributed by atoms with Crippen LogP contribution in [0.4, 0.5) is 0 Å². The van der Waals surface area contributed by atoms with Crippen molar-refractivity contribution in [1.82, 2.24) is 5.32 Å². The Kier molecular flexibility index (Phi) is 5.91. The number of rotatable bonds is 6. The van der Waals surface area contributed by atoms with Crippen molar-refractivity contribution in [3.05, 3.63) is 28.2 Å². The number of nitrogens with one attached hydrogen (secondary N) is 1. The standard InChI is InChI=1S/C12H18BrNO3/c1-8(12(16-2)17-3)14-7-9-4-5-11(15)10(13)6-9/h4-6,8,12,14-15H,7H2,1-3H3. The number of methoxy groups -OCH3 is 2. The molecular weight excluding hydrogens is 286 g/mol. The first-order chi connectivity index (χ1) is 8.08. The molecule has 0 bridgehead atoms.